The summed E-state index contributed by atoms with van der Waals surface area (Å²) in [4.78, 5) is 24.4. The van der Waals surface area contributed by atoms with Crippen molar-refractivity contribution in [3.63, 3.8) is 0 Å². The molecular formula is C19H14BFN4O3. The van der Waals surface area contributed by atoms with E-state index in [1.807, 2.05) is 19.1 Å². The van der Waals surface area contributed by atoms with Crippen molar-refractivity contribution in [1.29, 1.82) is 0 Å². The highest BCUT2D eigenvalue weighted by atomic mass is 19.1. The Hall–Kier alpha value is -3.49. The number of amides is 1. The van der Waals surface area contributed by atoms with Gasteiger partial charge in [-0.15, -0.1) is 0 Å². The van der Waals surface area contributed by atoms with Gasteiger partial charge in [-0.05, 0) is 30.7 Å². The fourth-order valence-corrected chi connectivity index (χ4v) is 2.79. The molecule has 1 N–H and O–H groups in total. The van der Waals surface area contributed by atoms with Crippen LogP contribution in [0.4, 0.5) is 10.2 Å². The van der Waals surface area contributed by atoms with Crippen LogP contribution in [0.1, 0.15) is 16.1 Å². The van der Waals surface area contributed by atoms with Gasteiger partial charge in [0, 0.05) is 11.8 Å². The lowest BCUT2D eigenvalue weighted by molar-refractivity contribution is 0.101. The number of nitrogens with zero attached hydrogens (tertiary/aromatic N) is 3. The van der Waals surface area contributed by atoms with Crippen LogP contribution in [0.2, 0.25) is 0 Å². The number of carbonyl (C=O) groups is 1. The van der Waals surface area contributed by atoms with E-state index in [9.17, 15) is 9.18 Å². The molecule has 3 heterocycles. The molecule has 3 aromatic rings. The lowest BCUT2D eigenvalue weighted by atomic mass is 9.98. The zero-order valence-corrected chi connectivity index (χ0v) is 14.9. The van der Waals surface area contributed by atoms with Crippen molar-refractivity contribution in [3.8, 4) is 22.8 Å². The number of anilines is 1. The second-order valence-electron chi connectivity index (χ2n) is 6.15. The van der Waals surface area contributed by atoms with Gasteiger partial charge >= 0.3 is 0 Å². The van der Waals surface area contributed by atoms with Gasteiger partial charge in [0.1, 0.15) is 21.1 Å². The number of benzene rings is 1. The van der Waals surface area contributed by atoms with Gasteiger partial charge in [-0.1, -0.05) is 5.46 Å². The van der Waals surface area contributed by atoms with Crippen molar-refractivity contribution in [2.24, 2.45) is 0 Å². The molecule has 28 heavy (non-hydrogen) atoms. The second kappa shape index (κ2) is 7.26. The van der Waals surface area contributed by atoms with E-state index in [1.54, 1.807) is 0 Å². The molecular weight excluding hydrogens is 362 g/mol. The molecule has 0 saturated carbocycles. The van der Waals surface area contributed by atoms with E-state index in [0.29, 0.717) is 30.4 Å². The monoisotopic (exact) mass is 376 g/mol. The molecule has 2 radical (unpaired) electrons. The Labute approximate surface area is 161 Å². The van der Waals surface area contributed by atoms with Crippen LogP contribution in [-0.4, -0.2) is 41.9 Å². The molecule has 0 saturated heterocycles. The molecule has 1 amide bonds. The van der Waals surface area contributed by atoms with Crippen molar-refractivity contribution >= 4 is 25.0 Å². The molecule has 7 nitrogen and oxygen atoms in total. The van der Waals surface area contributed by atoms with Gasteiger partial charge in [0.2, 0.25) is 0 Å². The predicted molar refractivity (Wildman–Crippen MR) is 101 cm³/mol. The van der Waals surface area contributed by atoms with Gasteiger partial charge in [-0.25, -0.2) is 14.4 Å². The van der Waals surface area contributed by atoms with E-state index in [-0.39, 0.29) is 17.0 Å². The molecule has 138 valence electrons. The summed E-state index contributed by atoms with van der Waals surface area (Å²) in [5.74, 6) is -0.0377. The first kappa shape index (κ1) is 17.9. The number of nitrogens with one attached hydrogen (secondary N) is 1. The highest BCUT2D eigenvalue weighted by molar-refractivity contribution is 6.32. The molecule has 1 aliphatic rings. The zero-order chi connectivity index (χ0) is 19.7. The Balaban J connectivity index is 1.55. The average molecular weight is 376 g/mol. The van der Waals surface area contributed by atoms with Gasteiger partial charge in [0.05, 0.1) is 18.1 Å². The van der Waals surface area contributed by atoms with Crippen molar-refractivity contribution in [2.75, 3.05) is 18.5 Å². The fraction of sp³-hybridized carbons (Fsp3) is 0.158. The summed E-state index contributed by atoms with van der Waals surface area (Å²) in [6.07, 6.45) is 4.11. The minimum absolute atomic E-state index is 0.132. The summed E-state index contributed by atoms with van der Waals surface area (Å²) in [6.45, 7) is 2.94. The van der Waals surface area contributed by atoms with Crippen LogP contribution in [0.3, 0.4) is 0 Å². The van der Waals surface area contributed by atoms with E-state index in [0.717, 1.165) is 17.2 Å². The number of pyridine rings is 1. The lowest BCUT2D eigenvalue weighted by Crippen LogP contribution is -2.19. The molecule has 1 aliphatic heterocycles. The zero-order valence-electron chi connectivity index (χ0n) is 14.9. The minimum Gasteiger partial charge on any atom is -0.486 e. The van der Waals surface area contributed by atoms with Gasteiger partial charge in [-0.3, -0.25) is 9.78 Å². The van der Waals surface area contributed by atoms with Crippen molar-refractivity contribution in [2.45, 2.75) is 6.92 Å². The van der Waals surface area contributed by atoms with Gasteiger partial charge < -0.3 is 14.8 Å². The third kappa shape index (κ3) is 3.51. The first-order valence-corrected chi connectivity index (χ1v) is 8.46. The summed E-state index contributed by atoms with van der Waals surface area (Å²) in [6, 6.07) is 4.76. The highest BCUT2D eigenvalue weighted by Gasteiger charge is 2.17. The summed E-state index contributed by atoms with van der Waals surface area (Å²) >= 11 is 0. The number of carbonyl (C=O) groups excluding carboxylic acids is 1. The number of fused-ring (bicyclic) bond motifs is 1. The van der Waals surface area contributed by atoms with Crippen LogP contribution in [0.25, 0.3) is 11.3 Å². The largest absolute Gasteiger partial charge is 0.486 e. The molecule has 0 spiro atoms. The molecule has 0 aliphatic carbocycles. The van der Waals surface area contributed by atoms with Crippen LogP contribution in [-0.2, 0) is 0 Å². The summed E-state index contributed by atoms with van der Waals surface area (Å²) < 4.78 is 25.0. The van der Waals surface area contributed by atoms with Crippen LogP contribution in [0.15, 0.2) is 36.8 Å². The van der Waals surface area contributed by atoms with Crippen LogP contribution in [0.5, 0.6) is 11.5 Å². The number of rotatable bonds is 3. The molecule has 4 rings (SSSR count). The maximum absolute atomic E-state index is 13.8. The normalized spacial score (nSPS) is 12.5. The number of ether oxygens (including phenoxy) is 2. The number of hydrogen-bond acceptors (Lipinski definition) is 6. The Morgan fingerprint density at radius 3 is 2.50 bits per heavy atom. The predicted octanol–water partition coefficient (Wildman–Crippen LogP) is 1.80. The van der Waals surface area contributed by atoms with Crippen LogP contribution < -0.4 is 20.3 Å². The number of aromatic nitrogens is 3. The SMILES string of the molecule is [B]c1cnc(C(=O)Nc2cnc(-c3cc4c(cc3C)OCCO4)cn2)c(F)c1. The van der Waals surface area contributed by atoms with Crippen LogP contribution >= 0.6 is 0 Å². The maximum Gasteiger partial charge on any atom is 0.278 e. The number of aryl methyl sites for hydroxylation is 1. The molecule has 0 fully saturated rings. The van der Waals surface area contributed by atoms with Gasteiger partial charge in [0.25, 0.3) is 5.91 Å². The van der Waals surface area contributed by atoms with Crippen molar-refractivity contribution in [3.05, 3.63) is 53.9 Å². The van der Waals surface area contributed by atoms with E-state index >= 15 is 0 Å². The van der Waals surface area contributed by atoms with E-state index < -0.39 is 11.7 Å². The first-order valence-electron chi connectivity index (χ1n) is 8.46. The summed E-state index contributed by atoms with van der Waals surface area (Å²) in [5, 5.41) is 2.46. The lowest BCUT2D eigenvalue weighted by Gasteiger charge is -2.20. The topological polar surface area (TPSA) is 86.2 Å². The highest BCUT2D eigenvalue weighted by Crippen LogP contribution is 2.36. The quantitative estimate of drug-likeness (QED) is 0.702. The van der Waals surface area contributed by atoms with Crippen molar-refractivity contribution < 1.29 is 18.7 Å². The van der Waals surface area contributed by atoms with E-state index in [2.05, 4.69) is 20.3 Å². The van der Waals surface area contributed by atoms with Crippen molar-refractivity contribution in [1.82, 2.24) is 15.0 Å². The average Bonchev–Trinajstić information content (AvgIpc) is 2.68. The molecule has 1 aromatic carbocycles. The van der Waals surface area contributed by atoms with Gasteiger partial charge in [-0.2, -0.15) is 0 Å². The summed E-state index contributed by atoms with van der Waals surface area (Å²) in [5.41, 5.74) is 2.14. The smallest absolute Gasteiger partial charge is 0.278 e. The minimum atomic E-state index is -0.811. The Morgan fingerprint density at radius 2 is 1.82 bits per heavy atom. The van der Waals surface area contributed by atoms with Gasteiger partial charge in [0.15, 0.2) is 28.8 Å². The first-order chi connectivity index (χ1) is 13.5. The third-order valence-corrected chi connectivity index (χ3v) is 4.14. The molecule has 0 atom stereocenters. The van der Waals surface area contributed by atoms with E-state index in [4.69, 9.17) is 17.3 Å². The third-order valence-electron chi connectivity index (χ3n) is 4.14. The van der Waals surface area contributed by atoms with E-state index in [1.165, 1.54) is 18.6 Å². The molecule has 0 bridgehead atoms. The number of hydrogen-bond donors (Lipinski definition) is 1. The Bertz CT molecular complexity index is 1060. The second-order valence-corrected chi connectivity index (χ2v) is 6.15. The standard InChI is InChI=1S/C19H14BFN4O3/c1-10-4-15-16(28-3-2-27-15)6-12(10)14-8-23-17(9-22-14)25-19(26)18-13(21)5-11(20)7-24-18/h4-9H,2-3H2,1H3,(H,23,25,26). The van der Waals surface area contributed by atoms with Crippen LogP contribution in [0, 0.1) is 12.7 Å². The Morgan fingerprint density at radius 1 is 1.07 bits per heavy atom. The number of halogens is 1. The molecule has 9 heteroatoms. The molecule has 2 aromatic heterocycles. The summed E-state index contributed by atoms with van der Waals surface area (Å²) in [7, 11) is 5.43. The Kier molecular flexibility index (Phi) is 4.64. The maximum atomic E-state index is 13.8. The molecule has 0 unspecified atom stereocenters. The fourth-order valence-electron chi connectivity index (χ4n) is 2.79.